The zero-order valence-electron chi connectivity index (χ0n) is 14.8. The molecule has 2 heteroatoms. The molecule has 0 aliphatic carbocycles. The molecule has 1 aliphatic heterocycles. The van der Waals surface area contributed by atoms with Crippen molar-refractivity contribution in [2.45, 2.75) is 72.3 Å². The first-order valence-corrected chi connectivity index (χ1v) is 8.87. The normalized spacial score (nSPS) is 20.6. The summed E-state index contributed by atoms with van der Waals surface area (Å²) in [6.07, 6.45) is 12.6. The van der Waals surface area contributed by atoms with Crippen LogP contribution >= 0.6 is 0 Å². The lowest BCUT2D eigenvalue weighted by Gasteiger charge is -2.35. The van der Waals surface area contributed by atoms with Crippen LogP contribution in [0.1, 0.15) is 66.2 Å². The Labute approximate surface area is 132 Å². The van der Waals surface area contributed by atoms with Crippen LogP contribution in [-0.2, 0) is 0 Å². The average molecular weight is 293 g/mol. The van der Waals surface area contributed by atoms with E-state index in [1.54, 1.807) is 0 Å². The van der Waals surface area contributed by atoms with Gasteiger partial charge in [-0.25, -0.2) is 0 Å². The third kappa shape index (κ3) is 8.43. The highest BCUT2D eigenvalue weighted by molar-refractivity contribution is 5.02. The molecule has 122 valence electrons. The van der Waals surface area contributed by atoms with Gasteiger partial charge < -0.3 is 5.32 Å². The molecule has 1 rings (SSSR count). The van der Waals surface area contributed by atoms with E-state index in [1.165, 1.54) is 62.8 Å². The minimum atomic E-state index is 0.835. The van der Waals surface area contributed by atoms with Crippen molar-refractivity contribution in [3.63, 3.8) is 0 Å². The molecule has 1 N–H and O–H groups in total. The maximum Gasteiger partial charge on any atom is 0.0137 e. The van der Waals surface area contributed by atoms with Gasteiger partial charge in [0.1, 0.15) is 0 Å². The summed E-state index contributed by atoms with van der Waals surface area (Å²) in [6, 6.07) is 0.835. The topological polar surface area (TPSA) is 15.3 Å². The molecule has 0 amide bonds. The van der Waals surface area contributed by atoms with E-state index in [0.29, 0.717) is 0 Å². The van der Waals surface area contributed by atoms with E-state index in [0.717, 1.165) is 19.1 Å². The van der Waals surface area contributed by atoms with Crippen LogP contribution in [0.15, 0.2) is 23.3 Å². The number of hydrogen-bond donors (Lipinski definition) is 1. The molecule has 0 bridgehead atoms. The van der Waals surface area contributed by atoms with E-state index < -0.39 is 0 Å². The quantitative estimate of drug-likeness (QED) is 0.496. The molecule has 1 heterocycles. The molecule has 1 aliphatic rings. The molecule has 1 unspecified atom stereocenters. The third-order valence-corrected chi connectivity index (χ3v) is 4.48. The van der Waals surface area contributed by atoms with Crippen LogP contribution < -0.4 is 5.32 Å². The number of piperidine rings is 1. The summed E-state index contributed by atoms with van der Waals surface area (Å²) in [7, 11) is 0. The van der Waals surface area contributed by atoms with Crippen LogP contribution in [-0.4, -0.2) is 37.1 Å². The minimum Gasteiger partial charge on any atom is -0.312 e. The summed E-state index contributed by atoms with van der Waals surface area (Å²) >= 11 is 0. The van der Waals surface area contributed by atoms with E-state index in [9.17, 15) is 0 Å². The SMILES string of the molecule is CCC1CCCCN1CCNCC=C(C)CCC=C(C)C. The largest absolute Gasteiger partial charge is 0.312 e. The second-order valence-corrected chi connectivity index (χ2v) is 6.67. The first-order valence-electron chi connectivity index (χ1n) is 8.87. The smallest absolute Gasteiger partial charge is 0.0137 e. The van der Waals surface area contributed by atoms with E-state index in [2.05, 4.69) is 50.1 Å². The van der Waals surface area contributed by atoms with Gasteiger partial charge >= 0.3 is 0 Å². The Balaban J connectivity index is 2.11. The number of nitrogens with one attached hydrogen (secondary N) is 1. The molecular weight excluding hydrogens is 256 g/mol. The molecule has 0 spiro atoms. The molecule has 0 aromatic heterocycles. The van der Waals surface area contributed by atoms with Gasteiger partial charge in [-0.15, -0.1) is 0 Å². The molecule has 0 saturated carbocycles. The van der Waals surface area contributed by atoms with E-state index in [-0.39, 0.29) is 0 Å². The zero-order chi connectivity index (χ0) is 15.5. The average Bonchev–Trinajstić information content (AvgIpc) is 2.47. The molecular formula is C19H36N2. The van der Waals surface area contributed by atoms with Crippen molar-refractivity contribution in [2.75, 3.05) is 26.2 Å². The Morgan fingerprint density at radius 1 is 1.19 bits per heavy atom. The lowest BCUT2D eigenvalue weighted by atomic mass is 10.0. The number of allylic oxidation sites excluding steroid dienone is 3. The van der Waals surface area contributed by atoms with Gasteiger partial charge in [0, 0.05) is 25.7 Å². The lowest BCUT2D eigenvalue weighted by molar-refractivity contribution is 0.145. The van der Waals surface area contributed by atoms with Crippen LogP contribution in [0.25, 0.3) is 0 Å². The minimum absolute atomic E-state index is 0.835. The van der Waals surface area contributed by atoms with Crippen molar-refractivity contribution in [1.82, 2.24) is 10.2 Å². The standard InChI is InChI=1S/C19H36N2/c1-5-19-11-6-7-15-21(19)16-14-20-13-12-18(4)10-8-9-17(2)3/h9,12,19-20H,5-8,10-11,13-16H2,1-4H3. The lowest BCUT2D eigenvalue weighted by Crippen LogP contribution is -2.42. The van der Waals surface area contributed by atoms with Crippen molar-refractivity contribution >= 4 is 0 Å². The summed E-state index contributed by atoms with van der Waals surface area (Å²) in [6.45, 7) is 13.6. The van der Waals surface area contributed by atoms with Gasteiger partial charge in [0.2, 0.25) is 0 Å². The maximum absolute atomic E-state index is 3.57. The number of nitrogens with zero attached hydrogens (tertiary/aromatic N) is 1. The van der Waals surface area contributed by atoms with Crippen molar-refractivity contribution in [2.24, 2.45) is 0 Å². The van der Waals surface area contributed by atoms with Crippen LogP contribution in [0.4, 0.5) is 0 Å². The Kier molecular flexibility index (Phi) is 9.69. The van der Waals surface area contributed by atoms with E-state index >= 15 is 0 Å². The van der Waals surface area contributed by atoms with Crippen molar-refractivity contribution in [3.8, 4) is 0 Å². The van der Waals surface area contributed by atoms with Crippen LogP contribution in [0, 0.1) is 0 Å². The second-order valence-electron chi connectivity index (χ2n) is 6.67. The zero-order valence-corrected chi connectivity index (χ0v) is 14.8. The van der Waals surface area contributed by atoms with E-state index in [1.807, 2.05) is 0 Å². The number of rotatable bonds is 9. The van der Waals surface area contributed by atoms with Crippen molar-refractivity contribution < 1.29 is 0 Å². The number of hydrogen-bond acceptors (Lipinski definition) is 2. The molecule has 0 aromatic rings. The highest BCUT2D eigenvalue weighted by atomic mass is 15.2. The molecule has 0 radical (unpaired) electrons. The van der Waals surface area contributed by atoms with Gasteiger partial charge in [0.25, 0.3) is 0 Å². The summed E-state index contributed by atoms with van der Waals surface area (Å²) in [5, 5.41) is 3.57. The molecule has 2 nitrogen and oxygen atoms in total. The summed E-state index contributed by atoms with van der Waals surface area (Å²) in [4.78, 5) is 2.68. The van der Waals surface area contributed by atoms with Crippen molar-refractivity contribution in [1.29, 1.82) is 0 Å². The first-order chi connectivity index (χ1) is 10.1. The van der Waals surface area contributed by atoms with Gasteiger partial charge in [-0.3, -0.25) is 4.90 Å². The van der Waals surface area contributed by atoms with E-state index in [4.69, 9.17) is 0 Å². The monoisotopic (exact) mass is 292 g/mol. The molecule has 1 fully saturated rings. The fourth-order valence-corrected chi connectivity index (χ4v) is 3.08. The van der Waals surface area contributed by atoms with Crippen molar-refractivity contribution in [3.05, 3.63) is 23.3 Å². The molecule has 1 saturated heterocycles. The summed E-state index contributed by atoms with van der Waals surface area (Å²) in [5.74, 6) is 0. The predicted molar refractivity (Wildman–Crippen MR) is 94.8 cm³/mol. The van der Waals surface area contributed by atoms with Gasteiger partial charge in [-0.1, -0.05) is 36.6 Å². The van der Waals surface area contributed by atoms with Gasteiger partial charge in [0.05, 0.1) is 0 Å². The molecule has 1 atom stereocenters. The summed E-state index contributed by atoms with van der Waals surface area (Å²) in [5.41, 5.74) is 2.93. The third-order valence-electron chi connectivity index (χ3n) is 4.48. The fraction of sp³-hybridized carbons (Fsp3) is 0.789. The van der Waals surface area contributed by atoms with Crippen LogP contribution in [0.3, 0.4) is 0 Å². The van der Waals surface area contributed by atoms with Gasteiger partial charge in [-0.05, 0) is 59.4 Å². The summed E-state index contributed by atoms with van der Waals surface area (Å²) < 4.78 is 0. The molecule has 0 aromatic carbocycles. The van der Waals surface area contributed by atoms with Gasteiger partial charge in [0.15, 0.2) is 0 Å². The Hall–Kier alpha value is -0.600. The highest BCUT2D eigenvalue weighted by Crippen LogP contribution is 2.18. The highest BCUT2D eigenvalue weighted by Gasteiger charge is 2.19. The predicted octanol–water partition coefficient (Wildman–Crippen LogP) is 4.53. The molecule has 21 heavy (non-hydrogen) atoms. The first kappa shape index (κ1) is 18.4. The van der Waals surface area contributed by atoms with Gasteiger partial charge in [-0.2, -0.15) is 0 Å². The Morgan fingerprint density at radius 2 is 2.00 bits per heavy atom. The Morgan fingerprint density at radius 3 is 2.71 bits per heavy atom. The maximum atomic E-state index is 3.57. The Bertz CT molecular complexity index is 326. The van der Waals surface area contributed by atoms with Crippen LogP contribution in [0.5, 0.6) is 0 Å². The number of likely N-dealkylation sites (tertiary alicyclic amines) is 1. The van der Waals surface area contributed by atoms with Crippen LogP contribution in [0.2, 0.25) is 0 Å². The fourth-order valence-electron chi connectivity index (χ4n) is 3.08. The second kappa shape index (κ2) is 11.0.